The monoisotopic (exact) mass is 292 g/mol. The summed E-state index contributed by atoms with van der Waals surface area (Å²) in [6.45, 7) is 6.01. The van der Waals surface area contributed by atoms with Crippen molar-refractivity contribution < 1.29 is 4.74 Å². The second kappa shape index (κ2) is 7.60. The van der Waals surface area contributed by atoms with Crippen molar-refractivity contribution in [3.05, 3.63) is 29.3 Å². The van der Waals surface area contributed by atoms with E-state index in [0.29, 0.717) is 11.2 Å². The molecule has 1 saturated heterocycles. The number of para-hydroxylation sites is 1. The zero-order valence-corrected chi connectivity index (χ0v) is 13.2. The fourth-order valence-corrected chi connectivity index (χ4v) is 2.76. The third-order valence-corrected chi connectivity index (χ3v) is 4.00. The molecule has 3 nitrogen and oxygen atoms in total. The van der Waals surface area contributed by atoms with Crippen molar-refractivity contribution in [2.45, 2.75) is 45.6 Å². The molecule has 0 amide bonds. The van der Waals surface area contributed by atoms with Crippen molar-refractivity contribution in [3.8, 4) is 0 Å². The van der Waals surface area contributed by atoms with Gasteiger partial charge >= 0.3 is 0 Å². The van der Waals surface area contributed by atoms with Gasteiger partial charge in [-0.1, -0.05) is 32.0 Å². The summed E-state index contributed by atoms with van der Waals surface area (Å²) < 4.78 is 5.59. The van der Waals surface area contributed by atoms with Gasteiger partial charge in [0.05, 0.1) is 6.10 Å². The summed E-state index contributed by atoms with van der Waals surface area (Å²) in [6.07, 6.45) is 4.60. The number of nitrogens with one attached hydrogen (secondary N) is 2. The zero-order valence-electron chi connectivity index (χ0n) is 12.4. The van der Waals surface area contributed by atoms with Gasteiger partial charge in [0.25, 0.3) is 0 Å². The van der Waals surface area contributed by atoms with Crippen molar-refractivity contribution >= 4 is 23.0 Å². The van der Waals surface area contributed by atoms with Crippen LogP contribution in [0.15, 0.2) is 18.2 Å². The van der Waals surface area contributed by atoms with Gasteiger partial charge in [-0.3, -0.25) is 0 Å². The minimum Gasteiger partial charge on any atom is -0.376 e. The van der Waals surface area contributed by atoms with Crippen LogP contribution in [0.4, 0.5) is 5.69 Å². The maximum atomic E-state index is 5.59. The van der Waals surface area contributed by atoms with E-state index >= 15 is 0 Å². The second-order valence-electron chi connectivity index (χ2n) is 5.13. The largest absolute Gasteiger partial charge is 0.376 e. The maximum absolute atomic E-state index is 5.59. The Labute approximate surface area is 127 Å². The van der Waals surface area contributed by atoms with Gasteiger partial charge in [0, 0.05) is 18.8 Å². The molecule has 0 aromatic heterocycles. The molecule has 0 unspecified atom stereocenters. The number of rotatable bonds is 5. The Hall–Kier alpha value is -1.13. The quantitative estimate of drug-likeness (QED) is 0.816. The lowest BCUT2D eigenvalue weighted by Gasteiger charge is -2.18. The van der Waals surface area contributed by atoms with Crippen molar-refractivity contribution in [2.75, 3.05) is 18.5 Å². The molecule has 1 aromatic carbocycles. The number of benzene rings is 1. The van der Waals surface area contributed by atoms with Crippen LogP contribution in [-0.4, -0.2) is 24.4 Å². The number of hydrogen-bond acceptors (Lipinski definition) is 2. The summed E-state index contributed by atoms with van der Waals surface area (Å²) >= 11 is 5.41. The smallest absolute Gasteiger partial charge is 0.170 e. The number of ether oxygens (including phenoxy) is 1. The molecular formula is C16H24N2OS. The number of hydrogen-bond donors (Lipinski definition) is 2. The lowest BCUT2D eigenvalue weighted by atomic mass is 10.0. The van der Waals surface area contributed by atoms with Gasteiger partial charge in [-0.05, 0) is 49.0 Å². The first-order valence-corrected chi connectivity index (χ1v) is 7.92. The second-order valence-corrected chi connectivity index (χ2v) is 5.54. The molecule has 1 aromatic rings. The summed E-state index contributed by atoms with van der Waals surface area (Å²) in [4.78, 5) is 0. The van der Waals surface area contributed by atoms with E-state index in [2.05, 4.69) is 42.7 Å². The summed E-state index contributed by atoms with van der Waals surface area (Å²) in [5.41, 5.74) is 3.79. The van der Waals surface area contributed by atoms with Gasteiger partial charge in [-0.2, -0.15) is 0 Å². The first kappa shape index (κ1) is 15.3. The Kier molecular flexibility index (Phi) is 5.80. The molecule has 0 radical (unpaired) electrons. The average molecular weight is 292 g/mol. The normalized spacial score (nSPS) is 18.0. The van der Waals surface area contributed by atoms with Crippen LogP contribution >= 0.6 is 12.2 Å². The zero-order chi connectivity index (χ0) is 14.4. The Morgan fingerprint density at radius 2 is 2.00 bits per heavy atom. The van der Waals surface area contributed by atoms with E-state index in [1.807, 2.05) is 0 Å². The highest BCUT2D eigenvalue weighted by atomic mass is 32.1. The van der Waals surface area contributed by atoms with E-state index in [-0.39, 0.29) is 0 Å². The molecule has 20 heavy (non-hydrogen) atoms. The number of thiocarbonyl (C=S) groups is 1. The fraction of sp³-hybridized carbons (Fsp3) is 0.562. The molecule has 4 heteroatoms. The average Bonchev–Trinajstić information content (AvgIpc) is 2.98. The topological polar surface area (TPSA) is 33.3 Å². The number of anilines is 1. The van der Waals surface area contributed by atoms with E-state index in [1.165, 1.54) is 16.8 Å². The van der Waals surface area contributed by atoms with Crippen LogP contribution in [0, 0.1) is 0 Å². The van der Waals surface area contributed by atoms with Crippen molar-refractivity contribution in [1.82, 2.24) is 5.32 Å². The van der Waals surface area contributed by atoms with Crippen LogP contribution in [0.3, 0.4) is 0 Å². The Morgan fingerprint density at radius 1 is 1.30 bits per heavy atom. The Bertz CT molecular complexity index is 434. The Balaban J connectivity index is 1.95. The summed E-state index contributed by atoms with van der Waals surface area (Å²) in [5, 5.41) is 7.33. The van der Waals surface area contributed by atoms with Gasteiger partial charge in [0.15, 0.2) is 5.11 Å². The molecule has 0 saturated carbocycles. The molecule has 1 aliphatic rings. The van der Waals surface area contributed by atoms with Crippen molar-refractivity contribution in [2.24, 2.45) is 0 Å². The van der Waals surface area contributed by atoms with Gasteiger partial charge in [-0.15, -0.1) is 0 Å². The minimum atomic E-state index is 0.307. The highest BCUT2D eigenvalue weighted by Gasteiger charge is 2.15. The van der Waals surface area contributed by atoms with E-state index in [1.54, 1.807) is 0 Å². The highest BCUT2D eigenvalue weighted by Crippen LogP contribution is 2.22. The van der Waals surface area contributed by atoms with E-state index < -0.39 is 0 Å². The van der Waals surface area contributed by atoms with Crippen LogP contribution in [0.25, 0.3) is 0 Å². The molecule has 0 spiro atoms. The molecule has 2 rings (SSSR count). The predicted molar refractivity (Wildman–Crippen MR) is 88.4 cm³/mol. The van der Waals surface area contributed by atoms with Crippen LogP contribution in [0.5, 0.6) is 0 Å². The molecule has 1 heterocycles. The lowest BCUT2D eigenvalue weighted by Crippen LogP contribution is -2.35. The molecule has 1 aliphatic heterocycles. The SMILES string of the molecule is CCc1cccc(CC)c1NC(=S)NC[C@H]1CCCO1. The summed E-state index contributed by atoms with van der Waals surface area (Å²) in [5.74, 6) is 0. The lowest BCUT2D eigenvalue weighted by molar-refractivity contribution is 0.114. The highest BCUT2D eigenvalue weighted by molar-refractivity contribution is 7.80. The molecule has 0 bridgehead atoms. The van der Waals surface area contributed by atoms with Gasteiger partial charge in [0.1, 0.15) is 0 Å². The standard InChI is InChI=1S/C16H24N2OS/c1-3-12-7-5-8-13(4-2)15(12)18-16(20)17-11-14-9-6-10-19-14/h5,7-8,14H,3-4,6,9-11H2,1-2H3,(H2,17,18,20)/t14-/m1/s1. The van der Waals surface area contributed by atoms with Crippen LogP contribution < -0.4 is 10.6 Å². The van der Waals surface area contributed by atoms with E-state index in [0.717, 1.165) is 38.8 Å². The van der Waals surface area contributed by atoms with Gasteiger partial charge in [0.2, 0.25) is 0 Å². The fourth-order valence-electron chi connectivity index (χ4n) is 2.57. The molecule has 1 atom stereocenters. The molecular weight excluding hydrogens is 268 g/mol. The summed E-state index contributed by atoms with van der Waals surface area (Å²) in [6, 6.07) is 6.43. The first-order chi connectivity index (χ1) is 9.74. The molecule has 0 aliphatic carbocycles. The van der Waals surface area contributed by atoms with Crippen molar-refractivity contribution in [3.63, 3.8) is 0 Å². The molecule has 1 fully saturated rings. The van der Waals surface area contributed by atoms with E-state index in [4.69, 9.17) is 17.0 Å². The van der Waals surface area contributed by atoms with Gasteiger partial charge < -0.3 is 15.4 Å². The maximum Gasteiger partial charge on any atom is 0.170 e. The predicted octanol–water partition coefficient (Wildman–Crippen LogP) is 3.28. The third-order valence-electron chi connectivity index (χ3n) is 3.75. The summed E-state index contributed by atoms with van der Waals surface area (Å²) in [7, 11) is 0. The molecule has 110 valence electrons. The Morgan fingerprint density at radius 3 is 2.55 bits per heavy atom. The third kappa shape index (κ3) is 3.93. The molecule has 2 N–H and O–H groups in total. The van der Waals surface area contributed by atoms with Crippen molar-refractivity contribution in [1.29, 1.82) is 0 Å². The van der Waals surface area contributed by atoms with Crippen LogP contribution in [-0.2, 0) is 17.6 Å². The minimum absolute atomic E-state index is 0.307. The van der Waals surface area contributed by atoms with Crippen LogP contribution in [0.2, 0.25) is 0 Å². The number of aryl methyl sites for hydroxylation is 2. The first-order valence-electron chi connectivity index (χ1n) is 7.51. The van der Waals surface area contributed by atoms with Gasteiger partial charge in [-0.25, -0.2) is 0 Å². The van der Waals surface area contributed by atoms with Crippen LogP contribution in [0.1, 0.15) is 37.8 Å². The van der Waals surface area contributed by atoms with E-state index in [9.17, 15) is 0 Å².